The van der Waals surface area contributed by atoms with Gasteiger partial charge in [0, 0.05) is 11.4 Å². The third-order valence-corrected chi connectivity index (χ3v) is 3.38. The van der Waals surface area contributed by atoms with Gasteiger partial charge in [0.15, 0.2) is 0 Å². The lowest BCUT2D eigenvalue weighted by molar-refractivity contribution is -0.246. The fourth-order valence-corrected chi connectivity index (χ4v) is 2.23. The molecule has 0 aliphatic rings. The van der Waals surface area contributed by atoms with Crippen molar-refractivity contribution in [3.8, 4) is 11.1 Å². The molecule has 0 bridgehead atoms. The Balaban J connectivity index is 1.89. The summed E-state index contributed by atoms with van der Waals surface area (Å²) in [4.78, 5) is 31.7. The van der Waals surface area contributed by atoms with Crippen molar-refractivity contribution >= 4 is 27.9 Å². The third kappa shape index (κ3) is 5.50. The van der Waals surface area contributed by atoms with E-state index in [4.69, 9.17) is 4.89 Å². The highest BCUT2D eigenvalue weighted by atomic mass is 79.9. The Labute approximate surface area is 142 Å². The molecule has 0 aliphatic heterocycles. The molecule has 0 aliphatic carbocycles. The highest BCUT2D eigenvalue weighted by Crippen LogP contribution is 2.23. The van der Waals surface area contributed by atoms with Crippen molar-refractivity contribution in [3.05, 3.63) is 58.6 Å². The molecule has 0 N–H and O–H groups in total. The second-order valence-electron chi connectivity index (χ2n) is 4.62. The van der Waals surface area contributed by atoms with E-state index in [-0.39, 0.29) is 13.2 Å². The first kappa shape index (κ1) is 17.2. The van der Waals surface area contributed by atoms with E-state index in [2.05, 4.69) is 25.6 Å². The van der Waals surface area contributed by atoms with E-state index in [1.54, 1.807) is 12.1 Å². The lowest BCUT2D eigenvalue weighted by atomic mass is 10.0. The molecular weight excluding hydrogens is 364 g/mol. The molecular formula is C17H15BrO5. The zero-order valence-corrected chi connectivity index (χ0v) is 14.0. The van der Waals surface area contributed by atoms with Gasteiger partial charge in [0.1, 0.15) is 13.2 Å². The van der Waals surface area contributed by atoms with Gasteiger partial charge in [-0.3, -0.25) is 9.68 Å². The Morgan fingerprint density at radius 2 is 1.74 bits per heavy atom. The lowest BCUT2D eigenvalue weighted by Gasteiger charge is -2.06. The van der Waals surface area contributed by atoms with E-state index >= 15 is 0 Å². The highest BCUT2D eigenvalue weighted by Gasteiger charge is 2.09. The predicted molar refractivity (Wildman–Crippen MR) is 87.6 cm³/mol. The molecule has 0 saturated carbocycles. The quantitative estimate of drug-likeness (QED) is 0.331. The van der Waals surface area contributed by atoms with Gasteiger partial charge in [0.2, 0.25) is 0 Å². The minimum atomic E-state index is -0.603. The number of ether oxygens (including phenoxy) is 1. The van der Waals surface area contributed by atoms with Crippen LogP contribution >= 0.6 is 15.9 Å². The van der Waals surface area contributed by atoms with Crippen molar-refractivity contribution in [1.29, 1.82) is 0 Å². The number of halogens is 1. The fraction of sp³-hybridized carbons (Fsp3) is 0.176. The summed E-state index contributed by atoms with van der Waals surface area (Å²) in [6, 6.07) is 14.8. The Morgan fingerprint density at radius 3 is 2.39 bits per heavy atom. The minimum absolute atomic E-state index is 0.0125. The molecule has 0 saturated heterocycles. The molecule has 0 radical (unpaired) electrons. The van der Waals surface area contributed by atoms with Crippen LogP contribution in [0.1, 0.15) is 17.3 Å². The van der Waals surface area contributed by atoms with Crippen LogP contribution in [0, 0.1) is 0 Å². The van der Waals surface area contributed by atoms with Crippen LogP contribution in [0.4, 0.5) is 0 Å². The van der Waals surface area contributed by atoms with Crippen LogP contribution < -0.4 is 0 Å². The molecule has 5 nitrogen and oxygen atoms in total. The second kappa shape index (κ2) is 8.45. The van der Waals surface area contributed by atoms with E-state index in [1.807, 2.05) is 36.4 Å². The number of rotatable bonds is 6. The average Bonchev–Trinajstić information content (AvgIpc) is 2.54. The second-order valence-corrected chi connectivity index (χ2v) is 5.54. The van der Waals surface area contributed by atoms with Crippen LogP contribution in [0.2, 0.25) is 0 Å². The largest absolute Gasteiger partial charge is 0.463 e. The summed E-state index contributed by atoms with van der Waals surface area (Å²) in [5.41, 5.74) is 2.40. The van der Waals surface area contributed by atoms with Crippen LogP contribution in [0.3, 0.4) is 0 Å². The van der Waals surface area contributed by atoms with Gasteiger partial charge in [0.05, 0.1) is 5.56 Å². The number of hydrogen-bond acceptors (Lipinski definition) is 5. The van der Waals surface area contributed by atoms with Crippen molar-refractivity contribution < 1.29 is 24.1 Å². The zero-order valence-electron chi connectivity index (χ0n) is 12.5. The van der Waals surface area contributed by atoms with Crippen LogP contribution in [-0.4, -0.2) is 25.2 Å². The molecule has 23 heavy (non-hydrogen) atoms. The number of hydrogen-bond donors (Lipinski definition) is 0. The fourth-order valence-electron chi connectivity index (χ4n) is 1.83. The van der Waals surface area contributed by atoms with Crippen molar-refractivity contribution in [3.63, 3.8) is 0 Å². The van der Waals surface area contributed by atoms with Crippen LogP contribution in [0.5, 0.6) is 0 Å². The van der Waals surface area contributed by atoms with Crippen LogP contribution in [0.25, 0.3) is 11.1 Å². The maximum atomic E-state index is 11.8. The van der Waals surface area contributed by atoms with Crippen LogP contribution in [-0.2, 0) is 19.3 Å². The van der Waals surface area contributed by atoms with Gasteiger partial charge in [-0.15, -0.1) is 0 Å². The summed E-state index contributed by atoms with van der Waals surface area (Å²) < 4.78 is 5.63. The normalized spacial score (nSPS) is 10.2. The summed E-state index contributed by atoms with van der Waals surface area (Å²) in [6.07, 6.45) is 0. The smallest absolute Gasteiger partial charge is 0.373 e. The Kier molecular flexibility index (Phi) is 6.31. The summed E-state index contributed by atoms with van der Waals surface area (Å²) >= 11 is 3.43. The zero-order chi connectivity index (χ0) is 16.7. The first-order chi connectivity index (χ1) is 11.1. The summed E-state index contributed by atoms with van der Waals surface area (Å²) in [6.45, 7) is 1.31. The molecule has 0 atom stereocenters. The Morgan fingerprint density at radius 1 is 1.00 bits per heavy atom. The molecule has 2 aromatic rings. The molecule has 0 unspecified atom stereocenters. The number of benzene rings is 2. The number of carbonyl (C=O) groups excluding carboxylic acids is 2. The van der Waals surface area contributed by atoms with E-state index in [1.165, 1.54) is 6.92 Å². The summed E-state index contributed by atoms with van der Waals surface area (Å²) in [5, 5.41) is 0. The first-order valence-corrected chi connectivity index (χ1v) is 7.69. The first-order valence-electron chi connectivity index (χ1n) is 6.89. The van der Waals surface area contributed by atoms with E-state index in [0.717, 1.165) is 15.6 Å². The van der Waals surface area contributed by atoms with E-state index in [0.29, 0.717) is 5.56 Å². The number of carbonyl (C=O) groups is 2. The van der Waals surface area contributed by atoms with Gasteiger partial charge in [-0.05, 0) is 35.4 Å². The average molecular weight is 379 g/mol. The monoisotopic (exact) mass is 378 g/mol. The van der Waals surface area contributed by atoms with Gasteiger partial charge >= 0.3 is 11.9 Å². The van der Waals surface area contributed by atoms with E-state index < -0.39 is 11.9 Å². The highest BCUT2D eigenvalue weighted by molar-refractivity contribution is 9.10. The maximum absolute atomic E-state index is 11.8. The van der Waals surface area contributed by atoms with Gasteiger partial charge in [0.25, 0.3) is 0 Å². The van der Waals surface area contributed by atoms with Gasteiger partial charge in [-0.1, -0.05) is 40.2 Å². The Bertz CT molecular complexity index is 682. The van der Waals surface area contributed by atoms with Crippen molar-refractivity contribution in [2.75, 3.05) is 13.2 Å². The van der Waals surface area contributed by atoms with E-state index in [9.17, 15) is 9.59 Å². The molecule has 0 amide bonds. The molecule has 0 heterocycles. The van der Waals surface area contributed by atoms with Crippen molar-refractivity contribution in [2.45, 2.75) is 6.92 Å². The van der Waals surface area contributed by atoms with Gasteiger partial charge in [-0.25, -0.2) is 4.79 Å². The van der Waals surface area contributed by atoms with Gasteiger partial charge < -0.3 is 4.74 Å². The standard InChI is InChI=1S/C17H15BrO5/c1-12(19)21-9-10-22-23-17(20)14-7-5-13(6-8-14)15-3-2-4-16(18)11-15/h2-8,11H,9-10H2,1H3. The topological polar surface area (TPSA) is 61.8 Å². The maximum Gasteiger partial charge on any atom is 0.373 e. The number of esters is 1. The lowest BCUT2D eigenvalue weighted by Crippen LogP contribution is -2.11. The minimum Gasteiger partial charge on any atom is -0.463 e. The predicted octanol–water partition coefficient (Wildman–Crippen LogP) is 3.77. The van der Waals surface area contributed by atoms with Crippen LogP contribution in [0.15, 0.2) is 53.0 Å². The SMILES string of the molecule is CC(=O)OCCOOC(=O)c1ccc(-c2cccc(Br)c2)cc1. The summed E-state index contributed by atoms with van der Waals surface area (Å²) in [7, 11) is 0. The molecule has 0 fully saturated rings. The molecule has 6 heteroatoms. The molecule has 120 valence electrons. The van der Waals surface area contributed by atoms with Gasteiger partial charge in [-0.2, -0.15) is 4.89 Å². The third-order valence-electron chi connectivity index (χ3n) is 2.89. The van der Waals surface area contributed by atoms with Crippen molar-refractivity contribution in [2.24, 2.45) is 0 Å². The molecule has 2 rings (SSSR count). The summed E-state index contributed by atoms with van der Waals surface area (Å²) in [5.74, 6) is -1.02. The molecule has 2 aromatic carbocycles. The van der Waals surface area contributed by atoms with Crippen molar-refractivity contribution in [1.82, 2.24) is 0 Å². The molecule has 0 spiro atoms. The molecule has 0 aromatic heterocycles. The Hall–Kier alpha value is -2.18.